The zero-order valence-corrected chi connectivity index (χ0v) is 11.7. The summed E-state index contributed by atoms with van der Waals surface area (Å²) in [5.41, 5.74) is 2.58. The van der Waals surface area contributed by atoms with Gasteiger partial charge in [-0.1, -0.05) is 18.2 Å². The van der Waals surface area contributed by atoms with E-state index in [0.29, 0.717) is 10.4 Å². The minimum Gasteiger partial charge on any atom is -0.457 e. The number of rotatable bonds is 3. The largest absolute Gasteiger partial charge is 0.457 e. The highest BCUT2D eigenvalue weighted by molar-refractivity contribution is 7.14. The quantitative estimate of drug-likeness (QED) is 0.810. The minimum atomic E-state index is -0.294. The van der Waals surface area contributed by atoms with Crippen molar-refractivity contribution >= 4 is 17.3 Å². The van der Waals surface area contributed by atoms with Crippen molar-refractivity contribution in [1.82, 2.24) is 0 Å². The predicted molar refractivity (Wildman–Crippen MR) is 76.6 cm³/mol. The Morgan fingerprint density at radius 3 is 3.00 bits per heavy atom. The van der Waals surface area contributed by atoms with Crippen LogP contribution >= 0.6 is 11.3 Å². The number of ether oxygens (including phenoxy) is 1. The molecule has 20 heavy (non-hydrogen) atoms. The molecule has 4 heteroatoms. The van der Waals surface area contributed by atoms with Crippen LogP contribution in [-0.4, -0.2) is 5.97 Å². The van der Waals surface area contributed by atoms with Gasteiger partial charge in [-0.2, -0.15) is 5.26 Å². The van der Waals surface area contributed by atoms with Gasteiger partial charge in [0.05, 0.1) is 11.6 Å². The summed E-state index contributed by atoms with van der Waals surface area (Å²) in [7, 11) is 0. The molecule has 0 spiro atoms. The van der Waals surface area contributed by atoms with Gasteiger partial charge >= 0.3 is 5.97 Å². The van der Waals surface area contributed by atoms with Crippen LogP contribution in [0.1, 0.15) is 37.7 Å². The lowest BCUT2D eigenvalue weighted by Gasteiger charge is -2.05. The lowest BCUT2D eigenvalue weighted by molar-refractivity contribution is 0.0478. The first kappa shape index (κ1) is 12.9. The summed E-state index contributed by atoms with van der Waals surface area (Å²) in [6, 6.07) is 11.2. The van der Waals surface area contributed by atoms with Gasteiger partial charge in [-0.05, 0) is 37.0 Å². The fourth-order valence-corrected chi connectivity index (χ4v) is 3.55. The van der Waals surface area contributed by atoms with E-state index in [9.17, 15) is 4.79 Å². The Bertz CT molecular complexity index is 675. The van der Waals surface area contributed by atoms with Gasteiger partial charge in [0.25, 0.3) is 0 Å². The number of nitrogens with zero attached hydrogens (tertiary/aromatic N) is 1. The van der Waals surface area contributed by atoms with Gasteiger partial charge < -0.3 is 4.74 Å². The fraction of sp³-hybridized carbons (Fsp3) is 0.250. The van der Waals surface area contributed by atoms with E-state index in [1.807, 2.05) is 12.1 Å². The molecule has 2 aromatic rings. The number of carbonyl (C=O) groups is 1. The molecular weight excluding hydrogens is 270 g/mol. The molecule has 0 fully saturated rings. The molecule has 1 heterocycles. The number of esters is 1. The number of nitriles is 1. The molecule has 1 aromatic heterocycles. The molecule has 0 amide bonds. The first-order chi connectivity index (χ1) is 9.78. The maximum absolute atomic E-state index is 12.0. The van der Waals surface area contributed by atoms with Crippen molar-refractivity contribution < 1.29 is 9.53 Å². The molecule has 3 nitrogen and oxygen atoms in total. The van der Waals surface area contributed by atoms with Crippen molar-refractivity contribution in [2.45, 2.75) is 25.9 Å². The summed E-state index contributed by atoms with van der Waals surface area (Å²) >= 11 is 1.54. The zero-order valence-electron chi connectivity index (χ0n) is 10.9. The van der Waals surface area contributed by atoms with E-state index in [1.54, 1.807) is 18.2 Å². The number of hydrogen-bond donors (Lipinski definition) is 0. The summed E-state index contributed by atoms with van der Waals surface area (Å²) in [6.45, 7) is 0.144. The van der Waals surface area contributed by atoms with E-state index in [-0.39, 0.29) is 12.6 Å². The lowest BCUT2D eigenvalue weighted by Crippen LogP contribution is -2.04. The molecule has 0 N–H and O–H groups in total. The van der Waals surface area contributed by atoms with Crippen molar-refractivity contribution in [3.05, 3.63) is 56.8 Å². The summed E-state index contributed by atoms with van der Waals surface area (Å²) in [5, 5.41) is 8.99. The van der Waals surface area contributed by atoms with Gasteiger partial charge in [0.1, 0.15) is 11.5 Å². The standard InChI is InChI=1S/C16H13NO2S/c17-9-12-4-1-2-5-13(12)10-19-16(18)15-8-11-6-3-7-14(11)20-15/h1-2,4-5,8H,3,6-7,10H2. The monoisotopic (exact) mass is 283 g/mol. The number of fused-ring (bicyclic) bond motifs is 1. The Morgan fingerprint density at radius 1 is 1.35 bits per heavy atom. The third kappa shape index (κ3) is 2.45. The molecule has 0 bridgehead atoms. The van der Waals surface area contributed by atoms with E-state index < -0.39 is 0 Å². The lowest BCUT2D eigenvalue weighted by atomic mass is 10.1. The van der Waals surface area contributed by atoms with Crippen molar-refractivity contribution in [1.29, 1.82) is 5.26 Å². The first-order valence-electron chi connectivity index (χ1n) is 6.54. The average molecular weight is 283 g/mol. The zero-order chi connectivity index (χ0) is 13.9. The van der Waals surface area contributed by atoms with Gasteiger partial charge in [-0.3, -0.25) is 0 Å². The van der Waals surface area contributed by atoms with E-state index in [0.717, 1.165) is 18.4 Å². The van der Waals surface area contributed by atoms with Crippen LogP contribution in [0.3, 0.4) is 0 Å². The molecule has 100 valence electrons. The number of thiophene rings is 1. The topological polar surface area (TPSA) is 50.1 Å². The van der Waals surface area contributed by atoms with Crippen LogP contribution in [0.2, 0.25) is 0 Å². The van der Waals surface area contributed by atoms with Crippen molar-refractivity contribution in [3.63, 3.8) is 0 Å². The molecule has 0 saturated heterocycles. The molecule has 0 unspecified atom stereocenters. The summed E-state index contributed by atoms with van der Waals surface area (Å²) in [4.78, 5) is 14.0. The Kier molecular flexibility index (Phi) is 3.53. The van der Waals surface area contributed by atoms with E-state index in [1.165, 1.54) is 28.2 Å². The third-order valence-electron chi connectivity index (χ3n) is 3.44. The normalized spacial score (nSPS) is 12.8. The van der Waals surface area contributed by atoms with Crippen molar-refractivity contribution in [2.75, 3.05) is 0 Å². The molecular formula is C16H13NO2S. The Labute approximate surface area is 121 Å². The third-order valence-corrected chi connectivity index (χ3v) is 4.66. The molecule has 1 aromatic carbocycles. The second-order valence-corrected chi connectivity index (χ2v) is 5.89. The van der Waals surface area contributed by atoms with E-state index in [2.05, 4.69) is 6.07 Å². The van der Waals surface area contributed by atoms with Gasteiger partial charge in [0.2, 0.25) is 0 Å². The smallest absolute Gasteiger partial charge is 0.348 e. The minimum absolute atomic E-state index is 0.144. The molecule has 3 rings (SSSR count). The fourth-order valence-electron chi connectivity index (χ4n) is 2.40. The van der Waals surface area contributed by atoms with Crippen LogP contribution in [0.4, 0.5) is 0 Å². The maximum Gasteiger partial charge on any atom is 0.348 e. The van der Waals surface area contributed by atoms with Crippen LogP contribution in [0, 0.1) is 11.3 Å². The van der Waals surface area contributed by atoms with Gasteiger partial charge in [0.15, 0.2) is 0 Å². The van der Waals surface area contributed by atoms with Gasteiger partial charge in [-0.15, -0.1) is 11.3 Å². The van der Waals surface area contributed by atoms with Crippen LogP contribution in [0.5, 0.6) is 0 Å². The first-order valence-corrected chi connectivity index (χ1v) is 7.36. The second kappa shape index (κ2) is 5.48. The number of carbonyl (C=O) groups excluding carboxylic acids is 1. The summed E-state index contributed by atoms with van der Waals surface area (Å²) in [6.07, 6.45) is 3.33. The Balaban J connectivity index is 1.69. The molecule has 0 radical (unpaired) electrons. The summed E-state index contributed by atoms with van der Waals surface area (Å²) in [5.74, 6) is -0.294. The number of aryl methyl sites for hydroxylation is 2. The molecule has 0 aliphatic heterocycles. The van der Waals surface area contributed by atoms with E-state index >= 15 is 0 Å². The van der Waals surface area contributed by atoms with Crippen LogP contribution in [0.25, 0.3) is 0 Å². The predicted octanol–water partition coefficient (Wildman–Crippen LogP) is 3.47. The highest BCUT2D eigenvalue weighted by atomic mass is 32.1. The van der Waals surface area contributed by atoms with Crippen molar-refractivity contribution in [3.8, 4) is 6.07 Å². The highest BCUT2D eigenvalue weighted by Gasteiger charge is 2.19. The summed E-state index contributed by atoms with van der Waals surface area (Å²) < 4.78 is 5.31. The van der Waals surface area contributed by atoms with Crippen LogP contribution in [0.15, 0.2) is 30.3 Å². The van der Waals surface area contributed by atoms with Crippen molar-refractivity contribution in [2.24, 2.45) is 0 Å². The average Bonchev–Trinajstić information content (AvgIpc) is 3.06. The molecule has 1 aliphatic rings. The molecule has 1 aliphatic carbocycles. The molecule has 0 atom stereocenters. The van der Waals surface area contributed by atoms with Crippen LogP contribution < -0.4 is 0 Å². The number of benzene rings is 1. The highest BCUT2D eigenvalue weighted by Crippen LogP contribution is 2.31. The van der Waals surface area contributed by atoms with Crippen LogP contribution in [-0.2, 0) is 24.2 Å². The second-order valence-electron chi connectivity index (χ2n) is 4.76. The SMILES string of the molecule is N#Cc1ccccc1COC(=O)c1cc2c(s1)CCC2. The molecule has 0 saturated carbocycles. The number of hydrogen-bond acceptors (Lipinski definition) is 4. The van der Waals surface area contributed by atoms with E-state index in [4.69, 9.17) is 10.00 Å². The Morgan fingerprint density at radius 2 is 2.20 bits per heavy atom. The van der Waals surface area contributed by atoms with Gasteiger partial charge in [0, 0.05) is 10.4 Å². The van der Waals surface area contributed by atoms with Gasteiger partial charge in [-0.25, -0.2) is 4.79 Å². The maximum atomic E-state index is 12.0. The Hall–Kier alpha value is -2.12.